The largest absolute Gasteiger partial charge is 0.330 e. The molecule has 4 amide bonds. The van der Waals surface area contributed by atoms with Gasteiger partial charge in [-0.25, -0.2) is 4.79 Å². The lowest BCUT2D eigenvalue weighted by Crippen LogP contribution is -2.58. The van der Waals surface area contributed by atoms with E-state index in [0.717, 1.165) is 24.2 Å². The minimum atomic E-state index is -1.27. The van der Waals surface area contributed by atoms with Gasteiger partial charge in [-0.15, -0.1) is 11.6 Å². The van der Waals surface area contributed by atoms with Crippen LogP contribution in [0.15, 0.2) is 0 Å². The number of unbranched alkanes of at least 4 members (excludes halogenated alkanes) is 2. The molecule has 1 aliphatic rings. The fraction of sp³-hybridized carbons (Fsp3) is 0.667. The zero-order chi connectivity index (χ0) is 11.4. The van der Waals surface area contributed by atoms with Gasteiger partial charge in [0, 0.05) is 6.54 Å². The van der Waals surface area contributed by atoms with E-state index >= 15 is 0 Å². The fourth-order valence-corrected chi connectivity index (χ4v) is 1.49. The van der Waals surface area contributed by atoms with Crippen molar-refractivity contribution in [1.29, 1.82) is 0 Å². The van der Waals surface area contributed by atoms with Crippen LogP contribution < -0.4 is 5.32 Å². The second-order valence-electron chi connectivity index (χ2n) is 3.35. The van der Waals surface area contributed by atoms with Gasteiger partial charge in [0.05, 0.1) is 0 Å². The average molecular weight is 233 g/mol. The third kappa shape index (κ3) is 2.68. The molecule has 1 unspecified atom stereocenters. The summed E-state index contributed by atoms with van der Waals surface area (Å²) in [4.78, 5) is 34.7. The lowest BCUT2D eigenvalue weighted by atomic mass is 10.2. The zero-order valence-electron chi connectivity index (χ0n) is 8.46. The van der Waals surface area contributed by atoms with E-state index < -0.39 is 23.2 Å². The van der Waals surface area contributed by atoms with Gasteiger partial charge < -0.3 is 0 Å². The number of carbonyl (C=O) groups is 3. The van der Waals surface area contributed by atoms with Gasteiger partial charge in [0.25, 0.3) is 11.8 Å². The van der Waals surface area contributed by atoms with Gasteiger partial charge in [-0.05, 0) is 6.42 Å². The Labute approximate surface area is 92.8 Å². The molecule has 1 fully saturated rings. The van der Waals surface area contributed by atoms with E-state index in [2.05, 4.69) is 0 Å². The first-order valence-electron chi connectivity index (χ1n) is 4.88. The van der Waals surface area contributed by atoms with Crippen molar-refractivity contribution in [3.63, 3.8) is 0 Å². The Morgan fingerprint density at radius 2 is 2.00 bits per heavy atom. The Balaban J connectivity index is 2.58. The predicted molar refractivity (Wildman–Crippen MR) is 54.4 cm³/mol. The molecule has 0 spiro atoms. The first kappa shape index (κ1) is 12.0. The molecule has 5 nitrogen and oxygen atoms in total. The highest BCUT2D eigenvalue weighted by molar-refractivity contribution is 6.44. The number of nitrogens with one attached hydrogen (secondary N) is 1. The number of amides is 4. The first-order valence-corrected chi connectivity index (χ1v) is 5.31. The molecule has 84 valence electrons. The molecule has 0 aromatic rings. The van der Waals surface area contributed by atoms with E-state index in [4.69, 9.17) is 11.6 Å². The highest BCUT2D eigenvalue weighted by Crippen LogP contribution is 2.10. The molecule has 1 heterocycles. The molecule has 6 heteroatoms. The summed E-state index contributed by atoms with van der Waals surface area (Å²) < 4.78 is 0. The summed E-state index contributed by atoms with van der Waals surface area (Å²) in [5.74, 6) is -1.36. The van der Waals surface area contributed by atoms with E-state index in [9.17, 15) is 14.4 Å². The maximum absolute atomic E-state index is 11.5. The molecule has 0 aromatic carbocycles. The fourth-order valence-electron chi connectivity index (χ4n) is 1.32. The molecule has 0 bridgehead atoms. The van der Waals surface area contributed by atoms with E-state index in [1.54, 1.807) is 0 Å². The number of hydrogen-bond donors (Lipinski definition) is 1. The van der Waals surface area contributed by atoms with Crippen LogP contribution in [0.4, 0.5) is 4.79 Å². The number of rotatable bonds is 4. The minimum absolute atomic E-state index is 0.314. The molecule has 1 aliphatic heterocycles. The summed E-state index contributed by atoms with van der Waals surface area (Å²) in [5, 5.41) is 0.758. The second kappa shape index (κ2) is 5.11. The monoisotopic (exact) mass is 232 g/mol. The highest BCUT2D eigenvalue weighted by atomic mass is 35.5. The van der Waals surface area contributed by atoms with Crippen LogP contribution >= 0.6 is 11.6 Å². The lowest BCUT2D eigenvalue weighted by Gasteiger charge is -2.27. The Morgan fingerprint density at radius 1 is 1.33 bits per heavy atom. The normalized spacial score (nSPS) is 21.9. The van der Waals surface area contributed by atoms with E-state index in [1.807, 2.05) is 12.2 Å². The van der Waals surface area contributed by atoms with Crippen molar-refractivity contribution in [2.45, 2.75) is 31.6 Å². The third-order valence-electron chi connectivity index (χ3n) is 2.17. The van der Waals surface area contributed by atoms with Gasteiger partial charge >= 0.3 is 6.03 Å². The quantitative estimate of drug-likeness (QED) is 0.444. The summed E-state index contributed by atoms with van der Waals surface area (Å²) in [6.07, 6.45) is 2.65. The molecule has 15 heavy (non-hydrogen) atoms. The van der Waals surface area contributed by atoms with E-state index in [1.165, 1.54) is 0 Å². The van der Waals surface area contributed by atoms with E-state index in [0.29, 0.717) is 6.54 Å². The van der Waals surface area contributed by atoms with Crippen molar-refractivity contribution in [2.75, 3.05) is 6.54 Å². The van der Waals surface area contributed by atoms with Gasteiger partial charge in [-0.1, -0.05) is 19.8 Å². The van der Waals surface area contributed by atoms with Crippen molar-refractivity contribution in [2.24, 2.45) is 0 Å². The lowest BCUT2D eigenvalue weighted by molar-refractivity contribution is -0.135. The third-order valence-corrected chi connectivity index (χ3v) is 2.56. The van der Waals surface area contributed by atoms with Crippen LogP contribution in [0.3, 0.4) is 0 Å². The van der Waals surface area contributed by atoms with Crippen LogP contribution in [0, 0.1) is 0 Å². The van der Waals surface area contributed by atoms with Gasteiger partial charge in [0.15, 0.2) is 5.38 Å². The molecule has 0 aromatic heterocycles. The maximum atomic E-state index is 11.5. The number of imide groups is 2. The summed E-state index contributed by atoms with van der Waals surface area (Å²) in [7, 11) is 0. The molecular formula is C9H13ClN2O3. The van der Waals surface area contributed by atoms with Crippen molar-refractivity contribution < 1.29 is 14.4 Å². The standard InChI is InChI=1S/C9H13ClN2O3/c1-2-3-4-5-12-8(14)6(10)7(13)11-9(12)15/h6H,2-5H2,1H3,(H,11,13,15). The number of carbonyl (C=O) groups excluding carboxylic acids is 3. The summed E-state index contributed by atoms with van der Waals surface area (Å²) in [5.41, 5.74) is 0. The average Bonchev–Trinajstić information content (AvgIpc) is 2.20. The van der Waals surface area contributed by atoms with Crippen LogP contribution in [0.2, 0.25) is 0 Å². The van der Waals surface area contributed by atoms with Crippen LogP contribution in [0.1, 0.15) is 26.2 Å². The minimum Gasteiger partial charge on any atom is -0.276 e. The van der Waals surface area contributed by atoms with Gasteiger partial charge in [-0.2, -0.15) is 0 Å². The molecule has 0 saturated carbocycles. The van der Waals surface area contributed by atoms with Gasteiger partial charge in [-0.3, -0.25) is 19.8 Å². The predicted octanol–water partition coefficient (Wildman–Crippen LogP) is 0.862. The molecule has 1 saturated heterocycles. The van der Waals surface area contributed by atoms with Crippen LogP contribution in [0.25, 0.3) is 0 Å². The van der Waals surface area contributed by atoms with Gasteiger partial charge in [0.1, 0.15) is 0 Å². The van der Waals surface area contributed by atoms with Crippen LogP contribution in [-0.2, 0) is 9.59 Å². The van der Waals surface area contributed by atoms with Crippen molar-refractivity contribution in [1.82, 2.24) is 10.2 Å². The second-order valence-corrected chi connectivity index (χ2v) is 3.79. The van der Waals surface area contributed by atoms with E-state index in [-0.39, 0.29) is 0 Å². The van der Waals surface area contributed by atoms with Crippen molar-refractivity contribution in [3.05, 3.63) is 0 Å². The zero-order valence-corrected chi connectivity index (χ0v) is 9.21. The summed E-state index contributed by atoms with van der Waals surface area (Å²) >= 11 is 5.53. The molecule has 0 aliphatic carbocycles. The molecule has 0 radical (unpaired) electrons. The number of halogens is 1. The van der Waals surface area contributed by atoms with Crippen molar-refractivity contribution in [3.8, 4) is 0 Å². The van der Waals surface area contributed by atoms with Crippen LogP contribution in [0.5, 0.6) is 0 Å². The number of alkyl halides is 1. The number of nitrogens with zero attached hydrogens (tertiary/aromatic N) is 1. The smallest absolute Gasteiger partial charge is 0.276 e. The van der Waals surface area contributed by atoms with Gasteiger partial charge in [0.2, 0.25) is 0 Å². The number of barbiturate groups is 1. The molecule has 1 rings (SSSR count). The SMILES string of the molecule is CCCCCN1C(=O)NC(=O)C(Cl)C1=O. The number of urea groups is 1. The Hall–Kier alpha value is -1.10. The summed E-state index contributed by atoms with van der Waals surface area (Å²) in [6, 6.07) is -0.669. The Morgan fingerprint density at radius 3 is 2.60 bits per heavy atom. The topological polar surface area (TPSA) is 66.5 Å². The first-order chi connectivity index (χ1) is 7.07. The molecular weight excluding hydrogens is 220 g/mol. The van der Waals surface area contributed by atoms with Crippen molar-refractivity contribution >= 4 is 29.4 Å². The Bertz CT molecular complexity index is 293. The number of hydrogen-bond acceptors (Lipinski definition) is 3. The highest BCUT2D eigenvalue weighted by Gasteiger charge is 2.38. The Kier molecular flexibility index (Phi) is 4.08. The molecule has 1 N–H and O–H groups in total. The van der Waals surface area contributed by atoms with Crippen LogP contribution in [-0.4, -0.2) is 34.7 Å². The summed E-state index contributed by atoms with van der Waals surface area (Å²) in [6.45, 7) is 2.33. The molecule has 1 atom stereocenters. The maximum Gasteiger partial charge on any atom is 0.330 e.